The van der Waals surface area contributed by atoms with Gasteiger partial charge in [-0.1, -0.05) is 17.8 Å². The van der Waals surface area contributed by atoms with Gasteiger partial charge in [-0.2, -0.15) is 9.61 Å². The first kappa shape index (κ1) is 10.9. The molecular formula is C13H13N5S. The molecule has 0 radical (unpaired) electrons. The van der Waals surface area contributed by atoms with E-state index in [9.17, 15) is 0 Å². The summed E-state index contributed by atoms with van der Waals surface area (Å²) in [5.41, 5.74) is 7.54. The van der Waals surface area contributed by atoms with Crippen LogP contribution in [-0.4, -0.2) is 19.8 Å². The maximum absolute atomic E-state index is 5.70. The Morgan fingerprint density at radius 1 is 1.16 bits per heavy atom. The summed E-state index contributed by atoms with van der Waals surface area (Å²) in [5.74, 6) is 1.55. The Balaban J connectivity index is 1.79. The predicted molar refractivity (Wildman–Crippen MR) is 75.1 cm³/mol. The third kappa shape index (κ3) is 1.71. The highest BCUT2D eigenvalue weighted by Crippen LogP contribution is 2.36. The van der Waals surface area contributed by atoms with Crippen molar-refractivity contribution in [1.82, 2.24) is 19.8 Å². The van der Waals surface area contributed by atoms with Gasteiger partial charge in [0.05, 0.1) is 0 Å². The summed E-state index contributed by atoms with van der Waals surface area (Å²) in [6.45, 7) is 0. The number of nitrogens with two attached hydrogens (primary N) is 1. The molecule has 0 unspecified atom stereocenters. The van der Waals surface area contributed by atoms with Crippen LogP contribution in [0.2, 0.25) is 0 Å². The van der Waals surface area contributed by atoms with Gasteiger partial charge in [-0.15, -0.1) is 10.2 Å². The largest absolute Gasteiger partial charge is 0.399 e. The van der Waals surface area contributed by atoms with Gasteiger partial charge in [0.2, 0.25) is 4.96 Å². The average Bonchev–Trinajstić information content (AvgIpc) is 2.90. The topological polar surface area (TPSA) is 69.1 Å². The molecule has 1 aliphatic carbocycles. The van der Waals surface area contributed by atoms with E-state index in [4.69, 9.17) is 5.73 Å². The van der Waals surface area contributed by atoms with Crippen molar-refractivity contribution in [3.05, 3.63) is 30.1 Å². The molecule has 1 fully saturated rings. The van der Waals surface area contributed by atoms with Crippen LogP contribution in [0.15, 0.2) is 24.3 Å². The van der Waals surface area contributed by atoms with Gasteiger partial charge in [0.25, 0.3) is 0 Å². The summed E-state index contributed by atoms with van der Waals surface area (Å²) in [4.78, 5) is 0.869. The van der Waals surface area contributed by atoms with E-state index in [0.717, 1.165) is 27.0 Å². The van der Waals surface area contributed by atoms with Crippen molar-refractivity contribution in [1.29, 1.82) is 0 Å². The van der Waals surface area contributed by atoms with E-state index in [1.54, 1.807) is 11.3 Å². The Morgan fingerprint density at radius 2 is 1.95 bits per heavy atom. The molecule has 0 spiro atoms. The first-order valence-corrected chi connectivity index (χ1v) is 7.21. The van der Waals surface area contributed by atoms with Gasteiger partial charge in [-0.05, 0) is 37.1 Å². The molecular weight excluding hydrogens is 258 g/mol. The van der Waals surface area contributed by atoms with Crippen LogP contribution in [0.4, 0.5) is 5.69 Å². The second-order valence-electron chi connectivity index (χ2n) is 4.91. The highest BCUT2D eigenvalue weighted by molar-refractivity contribution is 7.19. The minimum atomic E-state index is 0.538. The van der Waals surface area contributed by atoms with Crippen molar-refractivity contribution >= 4 is 22.0 Å². The van der Waals surface area contributed by atoms with E-state index < -0.39 is 0 Å². The second-order valence-corrected chi connectivity index (χ2v) is 5.87. The van der Waals surface area contributed by atoms with E-state index in [2.05, 4.69) is 15.3 Å². The molecule has 2 N–H and O–H groups in total. The Hall–Kier alpha value is -1.95. The lowest BCUT2D eigenvalue weighted by Crippen LogP contribution is -2.12. The molecule has 0 aliphatic heterocycles. The molecule has 0 amide bonds. The van der Waals surface area contributed by atoms with Crippen molar-refractivity contribution in [2.24, 2.45) is 0 Å². The van der Waals surface area contributed by atoms with Gasteiger partial charge in [-0.3, -0.25) is 0 Å². The molecule has 0 saturated heterocycles. The predicted octanol–water partition coefficient (Wildman–Crippen LogP) is 2.70. The summed E-state index contributed by atoms with van der Waals surface area (Å²) in [7, 11) is 0. The van der Waals surface area contributed by atoms with Crippen LogP contribution in [0.25, 0.3) is 15.5 Å². The monoisotopic (exact) mass is 271 g/mol. The van der Waals surface area contributed by atoms with Crippen LogP contribution in [0.5, 0.6) is 0 Å². The van der Waals surface area contributed by atoms with E-state index in [1.807, 2.05) is 28.8 Å². The number of aromatic nitrogens is 4. The third-order valence-corrected chi connectivity index (χ3v) is 4.59. The van der Waals surface area contributed by atoms with Gasteiger partial charge in [0, 0.05) is 17.2 Å². The molecule has 6 heteroatoms. The zero-order valence-electron chi connectivity index (χ0n) is 10.3. The average molecular weight is 271 g/mol. The molecule has 1 aromatic carbocycles. The SMILES string of the molecule is Nc1ccc(-c2nn3c(C4CCC4)nnc3s2)cc1. The molecule has 0 bridgehead atoms. The van der Waals surface area contributed by atoms with Crippen molar-refractivity contribution in [2.75, 3.05) is 5.73 Å². The minimum absolute atomic E-state index is 0.538. The van der Waals surface area contributed by atoms with E-state index >= 15 is 0 Å². The van der Waals surface area contributed by atoms with Crippen LogP contribution in [-0.2, 0) is 0 Å². The van der Waals surface area contributed by atoms with Crippen LogP contribution < -0.4 is 5.73 Å². The fraction of sp³-hybridized carbons (Fsp3) is 0.308. The normalized spacial score (nSPS) is 15.8. The summed E-state index contributed by atoms with van der Waals surface area (Å²) in [6, 6.07) is 7.77. The number of hydrogen-bond donors (Lipinski definition) is 1. The highest BCUT2D eigenvalue weighted by Gasteiger charge is 2.26. The second kappa shape index (κ2) is 4.03. The molecule has 2 heterocycles. The summed E-state index contributed by atoms with van der Waals surface area (Å²) >= 11 is 1.57. The van der Waals surface area contributed by atoms with Crippen molar-refractivity contribution in [3.8, 4) is 10.6 Å². The smallest absolute Gasteiger partial charge is 0.234 e. The quantitative estimate of drug-likeness (QED) is 0.728. The molecule has 3 aromatic rings. The molecule has 2 aromatic heterocycles. The maximum atomic E-state index is 5.70. The molecule has 4 rings (SSSR count). The van der Waals surface area contributed by atoms with Crippen molar-refractivity contribution in [2.45, 2.75) is 25.2 Å². The minimum Gasteiger partial charge on any atom is -0.399 e. The standard InChI is InChI=1S/C13H13N5S/c14-10-6-4-9(5-7-10)12-17-18-11(8-2-1-3-8)15-16-13(18)19-12/h4-8H,1-3,14H2. The van der Waals surface area contributed by atoms with Gasteiger partial charge >= 0.3 is 0 Å². The lowest BCUT2D eigenvalue weighted by molar-refractivity contribution is 0.395. The summed E-state index contributed by atoms with van der Waals surface area (Å²) in [6.07, 6.45) is 3.69. The van der Waals surface area contributed by atoms with Gasteiger partial charge in [0.1, 0.15) is 5.01 Å². The highest BCUT2D eigenvalue weighted by atomic mass is 32.1. The van der Waals surface area contributed by atoms with Gasteiger partial charge in [0.15, 0.2) is 5.82 Å². The molecule has 19 heavy (non-hydrogen) atoms. The van der Waals surface area contributed by atoms with Crippen LogP contribution >= 0.6 is 11.3 Å². The maximum Gasteiger partial charge on any atom is 0.234 e. The first-order chi connectivity index (χ1) is 9.31. The Kier molecular flexibility index (Phi) is 2.32. The van der Waals surface area contributed by atoms with Gasteiger partial charge in [-0.25, -0.2) is 0 Å². The first-order valence-electron chi connectivity index (χ1n) is 6.39. The number of rotatable bonds is 2. The van der Waals surface area contributed by atoms with Crippen LogP contribution in [0, 0.1) is 0 Å². The van der Waals surface area contributed by atoms with Crippen LogP contribution in [0.3, 0.4) is 0 Å². The number of hydrogen-bond acceptors (Lipinski definition) is 5. The Bertz CT molecular complexity index is 723. The number of anilines is 1. The molecule has 1 saturated carbocycles. The number of benzene rings is 1. The van der Waals surface area contributed by atoms with E-state index in [1.165, 1.54) is 19.3 Å². The van der Waals surface area contributed by atoms with Crippen molar-refractivity contribution < 1.29 is 0 Å². The lowest BCUT2D eigenvalue weighted by Gasteiger charge is -2.22. The fourth-order valence-corrected chi connectivity index (χ4v) is 3.15. The Morgan fingerprint density at radius 3 is 2.63 bits per heavy atom. The van der Waals surface area contributed by atoms with E-state index in [-0.39, 0.29) is 0 Å². The van der Waals surface area contributed by atoms with Crippen molar-refractivity contribution in [3.63, 3.8) is 0 Å². The third-order valence-electron chi connectivity index (χ3n) is 3.64. The number of nitrogens with zero attached hydrogens (tertiary/aromatic N) is 4. The summed E-state index contributed by atoms with van der Waals surface area (Å²) in [5, 5.41) is 14.1. The molecule has 5 nitrogen and oxygen atoms in total. The fourth-order valence-electron chi connectivity index (χ4n) is 2.30. The van der Waals surface area contributed by atoms with Gasteiger partial charge < -0.3 is 5.73 Å². The zero-order valence-corrected chi connectivity index (χ0v) is 11.1. The van der Waals surface area contributed by atoms with Crippen LogP contribution in [0.1, 0.15) is 31.0 Å². The molecule has 0 atom stereocenters. The summed E-state index contributed by atoms with van der Waals surface area (Å²) < 4.78 is 1.90. The number of fused-ring (bicyclic) bond motifs is 1. The lowest BCUT2D eigenvalue weighted by atomic mass is 9.85. The zero-order chi connectivity index (χ0) is 12.8. The molecule has 96 valence electrons. The van der Waals surface area contributed by atoms with E-state index in [0.29, 0.717) is 5.92 Å². The number of nitrogen functional groups attached to an aromatic ring is 1. The molecule has 1 aliphatic rings. The Labute approximate surface area is 114 Å².